The molecule has 1 aliphatic rings. The lowest BCUT2D eigenvalue weighted by Gasteiger charge is -2.21. The van der Waals surface area contributed by atoms with Crippen molar-refractivity contribution >= 4 is 78.1 Å². The number of hydrogen-bond donors (Lipinski definition) is 0. The third kappa shape index (κ3) is 2.59. The summed E-state index contributed by atoms with van der Waals surface area (Å²) in [7, 11) is 0. The highest BCUT2D eigenvalue weighted by Gasteiger charge is 2.35. The Labute approximate surface area is 185 Å². The maximum absolute atomic E-state index is 2.35. The summed E-state index contributed by atoms with van der Waals surface area (Å²) in [4.78, 5) is 2.79. The number of aryl methyl sites for hydroxylation is 3. The molecule has 0 atom stereocenters. The molecule has 3 heteroatoms. The Hall–Kier alpha value is -2.62. The first-order chi connectivity index (χ1) is 14.6. The monoisotopic (exact) mass is 420 g/mol. The first-order valence-electron chi connectivity index (χ1n) is 10.4. The predicted molar refractivity (Wildman–Crippen MR) is 138 cm³/mol. The molecule has 0 aliphatic carbocycles. The Morgan fingerprint density at radius 1 is 0.600 bits per heavy atom. The summed E-state index contributed by atoms with van der Waals surface area (Å²) in [6, 6.07) is 22.5. The molecular formula is C27H21BS2. The zero-order chi connectivity index (χ0) is 20.4. The zero-order valence-electron chi connectivity index (χ0n) is 17.3. The third-order valence-electron chi connectivity index (χ3n) is 6.32. The smallest absolute Gasteiger partial charge is 0.136 e. The van der Waals surface area contributed by atoms with E-state index in [9.17, 15) is 0 Å². The lowest BCUT2D eigenvalue weighted by molar-refractivity contribution is 1.35. The van der Waals surface area contributed by atoms with E-state index in [0.29, 0.717) is 0 Å². The van der Waals surface area contributed by atoms with Gasteiger partial charge in [-0.05, 0) is 66.8 Å². The maximum Gasteiger partial charge on any atom is 0.247 e. The molecular weight excluding hydrogens is 399 g/mol. The van der Waals surface area contributed by atoms with E-state index < -0.39 is 0 Å². The number of hydrogen-bond acceptors (Lipinski definition) is 2. The summed E-state index contributed by atoms with van der Waals surface area (Å²) in [6.45, 7) is 7.03. The van der Waals surface area contributed by atoms with Gasteiger partial charge in [0.2, 0.25) is 6.71 Å². The molecule has 0 N–H and O–H groups in total. The van der Waals surface area contributed by atoms with Crippen LogP contribution in [0.3, 0.4) is 0 Å². The van der Waals surface area contributed by atoms with Crippen molar-refractivity contribution in [3.63, 3.8) is 0 Å². The molecule has 6 rings (SSSR count). The van der Waals surface area contributed by atoms with Gasteiger partial charge in [-0.15, -0.1) is 22.7 Å². The van der Waals surface area contributed by atoms with Crippen LogP contribution in [-0.4, -0.2) is 6.71 Å². The van der Waals surface area contributed by atoms with Crippen LogP contribution in [0, 0.1) is 20.8 Å². The fourth-order valence-electron chi connectivity index (χ4n) is 5.24. The van der Waals surface area contributed by atoms with E-state index in [2.05, 4.69) is 93.6 Å². The van der Waals surface area contributed by atoms with Crippen molar-refractivity contribution in [2.45, 2.75) is 20.8 Å². The molecule has 2 aromatic heterocycles. The number of thiophene rings is 2. The average molecular weight is 420 g/mol. The quantitative estimate of drug-likeness (QED) is 0.285. The van der Waals surface area contributed by atoms with Crippen LogP contribution in [-0.2, 0) is 0 Å². The molecule has 0 bridgehead atoms. The van der Waals surface area contributed by atoms with Gasteiger partial charge in [0.25, 0.3) is 0 Å². The molecule has 0 radical (unpaired) electrons. The Balaban J connectivity index is 1.79. The molecule has 3 heterocycles. The maximum atomic E-state index is 2.35. The predicted octanol–water partition coefficient (Wildman–Crippen LogP) is 6.04. The molecule has 144 valence electrons. The molecule has 0 amide bonds. The molecule has 3 aromatic carbocycles. The van der Waals surface area contributed by atoms with Gasteiger partial charge >= 0.3 is 0 Å². The van der Waals surface area contributed by atoms with Crippen molar-refractivity contribution < 1.29 is 0 Å². The van der Waals surface area contributed by atoms with Gasteiger partial charge in [0.1, 0.15) is 0 Å². The van der Waals surface area contributed by atoms with Gasteiger partial charge < -0.3 is 0 Å². The van der Waals surface area contributed by atoms with Crippen LogP contribution in [0.15, 0.2) is 60.7 Å². The van der Waals surface area contributed by atoms with E-state index in [1.165, 1.54) is 63.0 Å². The van der Waals surface area contributed by atoms with Gasteiger partial charge in [0.05, 0.1) is 0 Å². The second-order valence-corrected chi connectivity index (χ2v) is 10.5. The third-order valence-corrected chi connectivity index (χ3v) is 8.62. The van der Waals surface area contributed by atoms with E-state index in [1.54, 1.807) is 0 Å². The standard InChI is InChI=1S/C27H21BS2/c1-16-14-17(2)25(18(3)15-16)28-26-19-8-4-6-10-21(19)29-23(26)12-13-24-27(28)20-9-5-7-11-22(20)30-24/h4-15H,1-3H3. The summed E-state index contributed by atoms with van der Waals surface area (Å²) in [5.41, 5.74) is 8.54. The van der Waals surface area contributed by atoms with Crippen LogP contribution in [0.2, 0.25) is 0 Å². The largest absolute Gasteiger partial charge is 0.247 e. The Morgan fingerprint density at radius 3 is 1.57 bits per heavy atom. The van der Waals surface area contributed by atoms with Crippen molar-refractivity contribution in [3.8, 4) is 0 Å². The molecule has 0 spiro atoms. The molecule has 0 saturated heterocycles. The number of fused-ring (bicyclic) bond motifs is 6. The van der Waals surface area contributed by atoms with Crippen molar-refractivity contribution in [2.24, 2.45) is 0 Å². The highest BCUT2D eigenvalue weighted by atomic mass is 32.1. The normalized spacial score (nSPS) is 13.0. The topological polar surface area (TPSA) is 0 Å². The summed E-state index contributed by atoms with van der Waals surface area (Å²) in [5.74, 6) is 0. The lowest BCUT2D eigenvalue weighted by atomic mass is 9.34. The van der Waals surface area contributed by atoms with Crippen molar-refractivity contribution in [1.29, 1.82) is 0 Å². The minimum atomic E-state index is 0.248. The first-order valence-corrected chi connectivity index (χ1v) is 12.0. The van der Waals surface area contributed by atoms with Gasteiger partial charge in [0, 0.05) is 19.2 Å². The van der Waals surface area contributed by atoms with E-state index in [4.69, 9.17) is 0 Å². The highest BCUT2D eigenvalue weighted by Crippen LogP contribution is 2.32. The van der Waals surface area contributed by atoms with Crippen molar-refractivity contribution in [2.75, 3.05) is 0 Å². The second kappa shape index (κ2) is 6.70. The van der Waals surface area contributed by atoms with E-state index in [0.717, 1.165) is 0 Å². The van der Waals surface area contributed by atoms with Gasteiger partial charge in [-0.2, -0.15) is 0 Å². The molecule has 5 aromatic rings. The minimum absolute atomic E-state index is 0.248. The van der Waals surface area contributed by atoms with Crippen LogP contribution < -0.4 is 16.4 Å². The molecule has 30 heavy (non-hydrogen) atoms. The van der Waals surface area contributed by atoms with Gasteiger partial charge in [0.15, 0.2) is 0 Å². The van der Waals surface area contributed by atoms with Crippen LogP contribution in [0.1, 0.15) is 26.4 Å². The van der Waals surface area contributed by atoms with E-state index >= 15 is 0 Å². The van der Waals surface area contributed by atoms with Crippen molar-refractivity contribution in [3.05, 3.63) is 87.1 Å². The Bertz CT molecular complexity index is 1370. The lowest BCUT2D eigenvalue weighted by Crippen LogP contribution is -2.54. The van der Waals surface area contributed by atoms with Crippen molar-refractivity contribution in [1.82, 2.24) is 0 Å². The van der Waals surface area contributed by atoms with Crippen LogP contribution in [0.25, 0.3) is 32.3 Å². The first kappa shape index (κ1) is 18.2. The Kier molecular flexibility index (Phi) is 4.06. The Morgan fingerprint density at radius 2 is 1.07 bits per heavy atom. The molecule has 0 nitrogen and oxygen atoms in total. The fourth-order valence-corrected chi connectivity index (χ4v) is 7.53. The summed E-state index contributed by atoms with van der Waals surface area (Å²) in [6.07, 6.45) is 4.71. The van der Waals surface area contributed by atoms with Crippen LogP contribution in [0.4, 0.5) is 0 Å². The van der Waals surface area contributed by atoms with Crippen LogP contribution >= 0.6 is 22.7 Å². The van der Waals surface area contributed by atoms with Gasteiger partial charge in [-0.3, -0.25) is 0 Å². The number of rotatable bonds is 1. The summed E-state index contributed by atoms with van der Waals surface area (Å²) in [5, 5.41) is 2.80. The van der Waals surface area contributed by atoms with E-state index in [-0.39, 0.29) is 6.71 Å². The zero-order valence-corrected chi connectivity index (χ0v) is 19.0. The number of benzene rings is 3. The fraction of sp³-hybridized carbons (Fsp3) is 0.111. The molecule has 0 saturated carbocycles. The molecule has 0 fully saturated rings. The SMILES string of the molecule is Cc1cc(C)c(B2c3c(sc4ccccc34)C=Cc3sc4ccccc4c32)c(C)c1. The minimum Gasteiger partial charge on any atom is -0.136 e. The van der Waals surface area contributed by atoms with Gasteiger partial charge in [-0.1, -0.05) is 70.7 Å². The van der Waals surface area contributed by atoms with Crippen LogP contribution in [0.5, 0.6) is 0 Å². The van der Waals surface area contributed by atoms with Gasteiger partial charge in [-0.25, -0.2) is 0 Å². The van der Waals surface area contributed by atoms with E-state index in [1.807, 2.05) is 22.7 Å². The molecule has 0 unspecified atom stereocenters. The highest BCUT2D eigenvalue weighted by molar-refractivity contribution is 7.25. The second-order valence-electron chi connectivity index (χ2n) is 8.33. The molecule has 1 aliphatic heterocycles. The summed E-state index contributed by atoms with van der Waals surface area (Å²) < 4.78 is 2.75. The average Bonchev–Trinajstić information content (AvgIpc) is 3.23. The summed E-state index contributed by atoms with van der Waals surface area (Å²) >= 11 is 3.85.